The van der Waals surface area contributed by atoms with Gasteiger partial charge in [-0.25, -0.2) is 9.97 Å². The van der Waals surface area contributed by atoms with Crippen molar-refractivity contribution in [1.29, 1.82) is 0 Å². The van der Waals surface area contributed by atoms with Gasteiger partial charge in [-0.1, -0.05) is 0 Å². The Bertz CT molecular complexity index is 755. The number of rotatable bonds is 4. The summed E-state index contributed by atoms with van der Waals surface area (Å²) in [5.41, 5.74) is 0.679. The Morgan fingerprint density at radius 1 is 1.39 bits per heavy atom. The molecule has 4 rings (SSSR count). The summed E-state index contributed by atoms with van der Waals surface area (Å²) < 4.78 is 0.988. The number of amides is 1. The van der Waals surface area contributed by atoms with Crippen LogP contribution in [0.3, 0.4) is 0 Å². The lowest BCUT2D eigenvalue weighted by Gasteiger charge is -2.42. The lowest BCUT2D eigenvalue weighted by atomic mass is 9.71. The second-order valence-corrected chi connectivity index (χ2v) is 8.43. The van der Waals surface area contributed by atoms with Gasteiger partial charge in [-0.15, -0.1) is 11.3 Å². The van der Waals surface area contributed by atoms with Crippen LogP contribution in [0.4, 0.5) is 0 Å². The molecule has 0 spiro atoms. The summed E-state index contributed by atoms with van der Waals surface area (Å²) in [7, 11) is 0. The number of nitrogens with zero attached hydrogens (tertiary/aromatic N) is 2. The van der Waals surface area contributed by atoms with Crippen LogP contribution < -0.4 is 5.32 Å². The first-order valence-corrected chi connectivity index (χ1v) is 9.01. The summed E-state index contributed by atoms with van der Waals surface area (Å²) in [6.45, 7) is 3.66. The summed E-state index contributed by atoms with van der Waals surface area (Å²) in [5, 5.41) is 14.1. The number of aromatic nitrogens is 2. The smallest absolute Gasteiger partial charge is 0.253 e. The van der Waals surface area contributed by atoms with Crippen LogP contribution in [0.25, 0.3) is 10.3 Å². The molecule has 6 heteroatoms. The highest BCUT2D eigenvalue weighted by Crippen LogP contribution is 2.43. The monoisotopic (exact) mass is 331 g/mol. The maximum Gasteiger partial charge on any atom is 0.253 e. The molecule has 5 nitrogen and oxygen atoms in total. The van der Waals surface area contributed by atoms with Crippen LogP contribution in [0.5, 0.6) is 0 Å². The Kier molecular flexibility index (Phi) is 3.43. The van der Waals surface area contributed by atoms with E-state index < -0.39 is 5.60 Å². The average molecular weight is 331 g/mol. The molecule has 1 amide bonds. The van der Waals surface area contributed by atoms with E-state index in [-0.39, 0.29) is 17.9 Å². The topological polar surface area (TPSA) is 75.1 Å². The van der Waals surface area contributed by atoms with E-state index in [1.165, 1.54) is 12.8 Å². The van der Waals surface area contributed by atoms with Crippen LogP contribution in [0, 0.1) is 5.92 Å². The van der Waals surface area contributed by atoms with E-state index in [0.29, 0.717) is 11.5 Å². The lowest BCUT2D eigenvalue weighted by molar-refractivity contribution is -0.0309. The van der Waals surface area contributed by atoms with E-state index in [4.69, 9.17) is 0 Å². The molecule has 2 N–H and O–H groups in total. The molecule has 0 bridgehead atoms. The van der Waals surface area contributed by atoms with Crippen LogP contribution in [-0.4, -0.2) is 32.6 Å². The van der Waals surface area contributed by atoms with Gasteiger partial charge < -0.3 is 10.4 Å². The molecule has 2 aliphatic rings. The lowest BCUT2D eigenvalue weighted by Crippen LogP contribution is -2.50. The Balaban J connectivity index is 1.43. The summed E-state index contributed by atoms with van der Waals surface area (Å²) in [4.78, 5) is 21.3. The van der Waals surface area contributed by atoms with Crippen molar-refractivity contribution < 1.29 is 9.90 Å². The molecule has 2 aliphatic carbocycles. The number of carbonyl (C=O) groups is 1. The third-order valence-corrected chi connectivity index (χ3v) is 6.08. The van der Waals surface area contributed by atoms with Gasteiger partial charge in [0.2, 0.25) is 0 Å². The van der Waals surface area contributed by atoms with Crippen LogP contribution in [0.15, 0.2) is 12.3 Å². The van der Waals surface area contributed by atoms with Crippen molar-refractivity contribution >= 4 is 27.6 Å². The molecule has 2 saturated carbocycles. The Morgan fingerprint density at radius 2 is 2.13 bits per heavy atom. The van der Waals surface area contributed by atoms with Gasteiger partial charge in [-0.05, 0) is 51.5 Å². The molecule has 0 saturated heterocycles. The first-order valence-electron chi connectivity index (χ1n) is 8.20. The van der Waals surface area contributed by atoms with E-state index in [1.807, 2.05) is 19.9 Å². The van der Waals surface area contributed by atoms with Gasteiger partial charge in [0.25, 0.3) is 5.91 Å². The molecule has 2 fully saturated rings. The zero-order chi connectivity index (χ0) is 16.2. The zero-order valence-electron chi connectivity index (χ0n) is 13.4. The van der Waals surface area contributed by atoms with Crippen molar-refractivity contribution in [3.8, 4) is 0 Å². The van der Waals surface area contributed by atoms with Crippen LogP contribution in [0.1, 0.15) is 60.8 Å². The quantitative estimate of drug-likeness (QED) is 0.903. The number of hydrogen-bond acceptors (Lipinski definition) is 5. The first-order chi connectivity index (χ1) is 10.9. The van der Waals surface area contributed by atoms with Crippen LogP contribution in [-0.2, 0) is 0 Å². The van der Waals surface area contributed by atoms with E-state index in [2.05, 4.69) is 15.3 Å². The normalized spacial score (nSPS) is 24.5. The number of thiazole rings is 1. The summed E-state index contributed by atoms with van der Waals surface area (Å²) >= 11 is 1.66. The summed E-state index contributed by atoms with van der Waals surface area (Å²) in [5.74, 6) is 0.788. The SMILES string of the molecule is CC(C)(O)C1CC(NC(=O)c2cnc3nc(C4CC4)sc3c2)C1. The molecule has 2 aromatic heterocycles. The van der Waals surface area contributed by atoms with Crippen molar-refractivity contribution in [3.63, 3.8) is 0 Å². The number of aliphatic hydroxyl groups is 1. The number of hydrogen-bond donors (Lipinski definition) is 2. The van der Waals surface area contributed by atoms with E-state index in [0.717, 1.165) is 28.2 Å². The van der Waals surface area contributed by atoms with Crippen molar-refractivity contribution in [1.82, 2.24) is 15.3 Å². The highest BCUT2D eigenvalue weighted by molar-refractivity contribution is 7.18. The minimum Gasteiger partial charge on any atom is -0.390 e. The van der Waals surface area contributed by atoms with Gasteiger partial charge in [0.05, 0.1) is 20.9 Å². The standard InChI is InChI=1S/C17H21N3O2S/c1-17(2,22)11-6-12(7-11)19-15(21)10-5-13-14(18-8-10)20-16(23-13)9-3-4-9/h5,8-9,11-12,22H,3-4,6-7H2,1-2H3,(H,19,21). The number of fused-ring (bicyclic) bond motifs is 1. The number of pyridine rings is 1. The molecule has 0 radical (unpaired) electrons. The number of carbonyl (C=O) groups excluding carboxylic acids is 1. The molecule has 0 atom stereocenters. The second kappa shape index (κ2) is 5.24. The van der Waals surface area contributed by atoms with Gasteiger partial charge in [0.1, 0.15) is 0 Å². The van der Waals surface area contributed by atoms with E-state index in [1.54, 1.807) is 17.5 Å². The molecular formula is C17H21N3O2S. The molecule has 2 aromatic rings. The predicted octanol–water partition coefficient (Wildman–Crippen LogP) is 2.85. The molecule has 0 aliphatic heterocycles. The summed E-state index contributed by atoms with van der Waals surface area (Å²) in [6.07, 6.45) is 5.71. The second-order valence-electron chi connectivity index (χ2n) is 7.36. The molecule has 0 aromatic carbocycles. The molecule has 2 heterocycles. The fourth-order valence-electron chi connectivity index (χ4n) is 3.05. The van der Waals surface area contributed by atoms with E-state index in [9.17, 15) is 9.90 Å². The molecule has 122 valence electrons. The highest BCUT2D eigenvalue weighted by Gasteiger charge is 2.39. The molecule has 0 unspecified atom stereocenters. The Labute approximate surface area is 139 Å². The Morgan fingerprint density at radius 3 is 2.78 bits per heavy atom. The average Bonchev–Trinajstić information content (AvgIpc) is 3.19. The molecule has 23 heavy (non-hydrogen) atoms. The van der Waals surface area contributed by atoms with Crippen molar-refractivity contribution in [2.45, 2.75) is 57.1 Å². The van der Waals surface area contributed by atoms with E-state index >= 15 is 0 Å². The molecular weight excluding hydrogens is 310 g/mol. The maximum atomic E-state index is 12.4. The van der Waals surface area contributed by atoms with Gasteiger partial charge in [-0.3, -0.25) is 4.79 Å². The van der Waals surface area contributed by atoms with Crippen LogP contribution in [0.2, 0.25) is 0 Å². The van der Waals surface area contributed by atoms with Gasteiger partial charge in [0, 0.05) is 18.2 Å². The maximum absolute atomic E-state index is 12.4. The Hall–Kier alpha value is -1.53. The zero-order valence-corrected chi connectivity index (χ0v) is 14.2. The predicted molar refractivity (Wildman–Crippen MR) is 89.7 cm³/mol. The largest absolute Gasteiger partial charge is 0.390 e. The van der Waals surface area contributed by atoms with Gasteiger partial charge in [-0.2, -0.15) is 0 Å². The fraction of sp³-hybridized carbons (Fsp3) is 0.588. The third kappa shape index (κ3) is 2.97. The fourth-order valence-corrected chi connectivity index (χ4v) is 4.18. The van der Waals surface area contributed by atoms with Crippen molar-refractivity contribution in [2.24, 2.45) is 5.92 Å². The van der Waals surface area contributed by atoms with Gasteiger partial charge in [0.15, 0.2) is 5.65 Å². The first kappa shape index (κ1) is 15.0. The van der Waals surface area contributed by atoms with Crippen LogP contribution >= 0.6 is 11.3 Å². The minimum absolute atomic E-state index is 0.0834. The number of nitrogens with one attached hydrogen (secondary N) is 1. The van der Waals surface area contributed by atoms with Gasteiger partial charge >= 0.3 is 0 Å². The highest BCUT2D eigenvalue weighted by atomic mass is 32.1. The minimum atomic E-state index is -0.663. The van der Waals surface area contributed by atoms with Crippen molar-refractivity contribution in [3.05, 3.63) is 22.8 Å². The summed E-state index contributed by atoms with van der Waals surface area (Å²) in [6, 6.07) is 2.05. The third-order valence-electron chi connectivity index (χ3n) is 4.92. The van der Waals surface area contributed by atoms with Crippen molar-refractivity contribution in [2.75, 3.05) is 0 Å².